The molecule has 0 unspecified atom stereocenters. The summed E-state index contributed by atoms with van der Waals surface area (Å²) in [5.41, 5.74) is -4.26. The zero-order valence-corrected chi connectivity index (χ0v) is 10.5. The van der Waals surface area contributed by atoms with Gasteiger partial charge in [-0.1, -0.05) is 0 Å². The minimum atomic E-state index is -5.19. The monoisotopic (exact) mass is 324 g/mol. The molecule has 0 spiro atoms. The zero-order chi connectivity index (χ0) is 15.0. The van der Waals surface area contributed by atoms with E-state index < -0.39 is 50.2 Å². The molecule has 0 bridgehead atoms. The Labute approximate surface area is 109 Å². The lowest BCUT2D eigenvalue weighted by Crippen LogP contribution is -2.22. The first-order valence-electron chi connectivity index (χ1n) is 4.46. The van der Waals surface area contributed by atoms with E-state index in [1.165, 1.54) is 0 Å². The first-order chi connectivity index (χ1) is 8.50. The van der Waals surface area contributed by atoms with Gasteiger partial charge in [-0.25, -0.2) is 22.3 Å². The van der Waals surface area contributed by atoms with Gasteiger partial charge in [-0.3, -0.25) is 4.98 Å². The highest BCUT2D eigenvalue weighted by Gasteiger charge is 2.40. The van der Waals surface area contributed by atoms with Crippen LogP contribution in [0.3, 0.4) is 0 Å². The van der Waals surface area contributed by atoms with Crippen LogP contribution in [0, 0.1) is 0 Å². The Morgan fingerprint density at radius 2 is 1.89 bits per heavy atom. The molecule has 4 nitrogen and oxygen atoms in total. The maximum atomic E-state index is 12.8. The van der Waals surface area contributed by atoms with Crippen LogP contribution in [0.25, 0.3) is 0 Å². The third-order valence-electron chi connectivity index (χ3n) is 2.08. The number of primary sulfonamides is 1. The van der Waals surface area contributed by atoms with Crippen LogP contribution in [0.2, 0.25) is 0 Å². The Hall–Kier alpha value is -1.00. The van der Waals surface area contributed by atoms with Crippen molar-refractivity contribution >= 4 is 21.6 Å². The predicted octanol–water partition coefficient (Wildman–Crippen LogP) is 2.42. The second-order valence-corrected chi connectivity index (χ2v) is 5.10. The summed E-state index contributed by atoms with van der Waals surface area (Å²) in [6, 6.07) is 0. The molecule has 1 aromatic heterocycles. The normalized spacial score (nSPS) is 13.1. The van der Waals surface area contributed by atoms with E-state index in [2.05, 4.69) is 10.1 Å². The number of rotatable bonds is 3. The standard InChI is InChI=1S/C8H6ClF5N2O2S/c9-1-4-6(19(15,17)18)5(7(10)11)3(2-16-4)8(12,13)14/h2,7H,1H2,(H2,15,17,18). The number of nitrogens with two attached hydrogens (primary N) is 1. The number of nitrogens with zero attached hydrogens (tertiary/aromatic N) is 1. The molecule has 11 heteroatoms. The van der Waals surface area contributed by atoms with Crippen LogP contribution in [0.5, 0.6) is 0 Å². The third kappa shape index (κ3) is 3.31. The van der Waals surface area contributed by atoms with E-state index in [1.54, 1.807) is 0 Å². The summed E-state index contributed by atoms with van der Waals surface area (Å²) < 4.78 is 85.7. The molecule has 0 aliphatic rings. The Bertz CT molecular complexity index is 588. The molecule has 19 heavy (non-hydrogen) atoms. The molecule has 0 aliphatic carbocycles. The molecule has 0 saturated carbocycles. The number of hydrogen-bond donors (Lipinski definition) is 1. The maximum absolute atomic E-state index is 12.8. The molecular weight excluding hydrogens is 319 g/mol. The Morgan fingerprint density at radius 3 is 2.21 bits per heavy atom. The molecule has 0 amide bonds. The number of pyridine rings is 1. The van der Waals surface area contributed by atoms with E-state index in [0.29, 0.717) is 0 Å². The fraction of sp³-hybridized carbons (Fsp3) is 0.375. The highest BCUT2D eigenvalue weighted by molar-refractivity contribution is 7.89. The van der Waals surface area contributed by atoms with Crippen molar-refractivity contribution in [3.63, 3.8) is 0 Å². The van der Waals surface area contributed by atoms with Gasteiger partial charge in [0.15, 0.2) is 0 Å². The van der Waals surface area contributed by atoms with Crippen LogP contribution in [-0.2, 0) is 22.1 Å². The van der Waals surface area contributed by atoms with Gasteiger partial charge in [0.25, 0.3) is 6.43 Å². The number of sulfonamides is 1. The van der Waals surface area contributed by atoms with Gasteiger partial charge >= 0.3 is 6.18 Å². The van der Waals surface area contributed by atoms with Crippen molar-refractivity contribution in [2.45, 2.75) is 23.4 Å². The SMILES string of the molecule is NS(=O)(=O)c1c(CCl)ncc(C(F)(F)F)c1C(F)F. The fourth-order valence-electron chi connectivity index (χ4n) is 1.40. The lowest BCUT2D eigenvalue weighted by Gasteiger charge is -2.16. The lowest BCUT2D eigenvalue weighted by molar-refractivity contribution is -0.140. The van der Waals surface area contributed by atoms with Gasteiger partial charge in [0.2, 0.25) is 10.0 Å². The van der Waals surface area contributed by atoms with Gasteiger partial charge < -0.3 is 0 Å². The van der Waals surface area contributed by atoms with Crippen LogP contribution in [0.15, 0.2) is 11.1 Å². The maximum Gasteiger partial charge on any atom is 0.418 e. The molecule has 0 saturated heterocycles. The molecule has 2 N–H and O–H groups in total. The van der Waals surface area contributed by atoms with Gasteiger partial charge in [0.05, 0.1) is 22.7 Å². The third-order valence-corrected chi connectivity index (χ3v) is 3.36. The molecule has 1 aromatic rings. The van der Waals surface area contributed by atoms with Crippen LogP contribution >= 0.6 is 11.6 Å². The quantitative estimate of drug-likeness (QED) is 0.685. The van der Waals surface area contributed by atoms with E-state index in [-0.39, 0.29) is 6.20 Å². The van der Waals surface area contributed by atoms with Crippen molar-refractivity contribution in [2.75, 3.05) is 0 Å². The molecule has 0 fully saturated rings. The van der Waals surface area contributed by atoms with Crippen LogP contribution in [0.1, 0.15) is 23.2 Å². The van der Waals surface area contributed by atoms with Crippen molar-refractivity contribution < 1.29 is 30.4 Å². The Kier molecular flexibility index (Phi) is 4.37. The number of aromatic nitrogens is 1. The van der Waals surface area contributed by atoms with Crippen LogP contribution in [-0.4, -0.2) is 13.4 Å². The van der Waals surface area contributed by atoms with Crippen molar-refractivity contribution in [1.29, 1.82) is 0 Å². The topological polar surface area (TPSA) is 73.1 Å². The lowest BCUT2D eigenvalue weighted by atomic mass is 10.1. The molecular formula is C8H6ClF5N2O2S. The summed E-state index contributed by atoms with van der Waals surface area (Å²) in [6.07, 6.45) is -8.79. The van der Waals surface area contributed by atoms with E-state index >= 15 is 0 Å². The van der Waals surface area contributed by atoms with Crippen molar-refractivity contribution in [3.05, 3.63) is 23.0 Å². The largest absolute Gasteiger partial charge is 0.418 e. The molecule has 1 heterocycles. The summed E-state index contributed by atoms with van der Waals surface area (Å²) >= 11 is 5.27. The van der Waals surface area contributed by atoms with Gasteiger partial charge in [-0.05, 0) is 0 Å². The second kappa shape index (κ2) is 5.17. The summed E-state index contributed by atoms with van der Waals surface area (Å²) in [5.74, 6) is -0.677. The molecule has 0 radical (unpaired) electrons. The van der Waals surface area contributed by atoms with E-state index in [4.69, 9.17) is 11.6 Å². The first kappa shape index (κ1) is 16.1. The van der Waals surface area contributed by atoms with Gasteiger partial charge in [-0.2, -0.15) is 13.2 Å². The van der Waals surface area contributed by atoms with Crippen molar-refractivity contribution in [1.82, 2.24) is 4.98 Å². The summed E-state index contributed by atoms with van der Waals surface area (Å²) in [5, 5.41) is 4.66. The summed E-state index contributed by atoms with van der Waals surface area (Å²) in [4.78, 5) is 1.75. The number of halogens is 6. The highest BCUT2D eigenvalue weighted by Crippen LogP contribution is 2.39. The summed E-state index contributed by atoms with van der Waals surface area (Å²) in [7, 11) is -4.83. The molecule has 0 atom stereocenters. The molecule has 108 valence electrons. The van der Waals surface area contributed by atoms with E-state index in [1.807, 2.05) is 0 Å². The van der Waals surface area contributed by atoms with Gasteiger partial charge in [0, 0.05) is 6.20 Å². The second-order valence-electron chi connectivity index (χ2n) is 3.34. The smallest absolute Gasteiger partial charge is 0.258 e. The van der Waals surface area contributed by atoms with E-state index in [0.717, 1.165) is 0 Å². The van der Waals surface area contributed by atoms with Crippen molar-refractivity contribution in [2.24, 2.45) is 5.14 Å². The number of alkyl halides is 6. The predicted molar refractivity (Wildman–Crippen MR) is 55.1 cm³/mol. The molecule has 0 aromatic carbocycles. The van der Waals surface area contributed by atoms with Gasteiger partial charge in [0.1, 0.15) is 4.90 Å². The van der Waals surface area contributed by atoms with Crippen LogP contribution < -0.4 is 5.14 Å². The molecule has 1 rings (SSSR count). The Balaban J connectivity index is 3.85. The minimum absolute atomic E-state index is 0.105. The average Bonchev–Trinajstić information content (AvgIpc) is 2.24. The minimum Gasteiger partial charge on any atom is -0.258 e. The highest BCUT2D eigenvalue weighted by atomic mass is 35.5. The molecule has 0 aliphatic heterocycles. The van der Waals surface area contributed by atoms with E-state index in [9.17, 15) is 30.4 Å². The zero-order valence-electron chi connectivity index (χ0n) is 8.88. The first-order valence-corrected chi connectivity index (χ1v) is 6.54. The average molecular weight is 325 g/mol. The summed E-state index contributed by atoms with van der Waals surface area (Å²) in [6.45, 7) is 0. The van der Waals surface area contributed by atoms with Crippen LogP contribution in [0.4, 0.5) is 22.0 Å². The van der Waals surface area contributed by atoms with Crippen molar-refractivity contribution in [3.8, 4) is 0 Å². The van der Waals surface area contributed by atoms with Gasteiger partial charge in [-0.15, -0.1) is 11.6 Å². The Morgan fingerprint density at radius 1 is 1.37 bits per heavy atom. The fourth-order valence-corrected chi connectivity index (χ4v) is 2.64. The number of hydrogen-bond acceptors (Lipinski definition) is 3.